The fraction of sp³-hybridized carbons (Fsp3) is 0.357. The highest BCUT2D eigenvalue weighted by molar-refractivity contribution is 5.38. The van der Waals surface area contributed by atoms with Gasteiger partial charge in [-0.25, -0.2) is 4.68 Å². The first kappa shape index (κ1) is 10.5. The van der Waals surface area contributed by atoms with Gasteiger partial charge in [-0.15, -0.1) is 0 Å². The lowest BCUT2D eigenvalue weighted by Gasteiger charge is -2.05. The minimum absolute atomic E-state index is 0.618. The molecule has 0 fully saturated rings. The van der Waals surface area contributed by atoms with Crippen molar-refractivity contribution in [3.8, 4) is 5.69 Å². The molecular weight excluding hydrogens is 210 g/mol. The summed E-state index contributed by atoms with van der Waals surface area (Å²) in [5.41, 5.74) is 9.58. The molecule has 3 heteroatoms. The highest BCUT2D eigenvalue weighted by atomic mass is 15.3. The van der Waals surface area contributed by atoms with Crippen LogP contribution in [0.25, 0.3) is 5.69 Å². The second kappa shape index (κ2) is 4.34. The molecule has 0 radical (unpaired) electrons. The third kappa shape index (κ3) is 1.76. The van der Waals surface area contributed by atoms with E-state index in [1.54, 1.807) is 0 Å². The summed E-state index contributed by atoms with van der Waals surface area (Å²) in [7, 11) is 0. The first-order valence-electron chi connectivity index (χ1n) is 6.22. The molecule has 0 saturated carbocycles. The highest BCUT2D eigenvalue weighted by Gasteiger charge is 2.26. The monoisotopic (exact) mass is 227 g/mol. The van der Waals surface area contributed by atoms with Gasteiger partial charge >= 0.3 is 0 Å². The Hall–Kier alpha value is -1.61. The van der Waals surface area contributed by atoms with Gasteiger partial charge in [0.2, 0.25) is 0 Å². The van der Waals surface area contributed by atoms with Gasteiger partial charge in [-0.3, -0.25) is 0 Å². The number of benzene rings is 1. The first-order valence-corrected chi connectivity index (χ1v) is 6.22. The van der Waals surface area contributed by atoms with Crippen LogP contribution in [0.4, 0.5) is 0 Å². The largest absolute Gasteiger partial charge is 0.330 e. The van der Waals surface area contributed by atoms with E-state index < -0.39 is 0 Å². The summed E-state index contributed by atoms with van der Waals surface area (Å²) in [6, 6.07) is 10.3. The Bertz CT molecular complexity index is 501. The number of aromatic nitrogens is 2. The highest BCUT2D eigenvalue weighted by Crippen LogP contribution is 2.35. The normalized spacial score (nSPS) is 18.3. The van der Waals surface area contributed by atoms with E-state index in [1.807, 2.05) is 12.3 Å². The Kier molecular flexibility index (Phi) is 2.69. The smallest absolute Gasteiger partial charge is 0.0648 e. The molecule has 3 rings (SSSR count). The maximum Gasteiger partial charge on any atom is 0.0648 e. The van der Waals surface area contributed by atoms with E-state index in [0.717, 1.165) is 25.1 Å². The second-order valence-electron chi connectivity index (χ2n) is 4.61. The third-order valence-electron chi connectivity index (χ3n) is 3.59. The molecule has 88 valence electrons. The zero-order chi connectivity index (χ0) is 11.7. The Labute approximate surface area is 101 Å². The minimum Gasteiger partial charge on any atom is -0.330 e. The zero-order valence-electron chi connectivity index (χ0n) is 9.84. The third-order valence-corrected chi connectivity index (χ3v) is 3.59. The van der Waals surface area contributed by atoms with E-state index in [9.17, 15) is 0 Å². The summed E-state index contributed by atoms with van der Waals surface area (Å²) >= 11 is 0. The Balaban J connectivity index is 1.98. The standard InChI is InChI=1S/C14H17N3/c15-9-8-11-6-7-14-13(11)10-16-17(14)12-4-2-1-3-5-12/h1-5,10-11H,6-9,15H2. The lowest BCUT2D eigenvalue weighted by atomic mass is 10.0. The molecule has 1 aliphatic rings. The summed E-state index contributed by atoms with van der Waals surface area (Å²) in [5, 5.41) is 4.52. The Morgan fingerprint density at radius 3 is 2.88 bits per heavy atom. The summed E-state index contributed by atoms with van der Waals surface area (Å²) in [6.07, 6.45) is 5.44. The number of rotatable bonds is 3. The van der Waals surface area contributed by atoms with Gasteiger partial charge in [0.1, 0.15) is 0 Å². The maximum atomic E-state index is 5.66. The van der Waals surface area contributed by atoms with Crippen molar-refractivity contribution in [1.29, 1.82) is 0 Å². The molecule has 1 aromatic carbocycles. The molecular formula is C14H17N3. The molecule has 1 unspecified atom stereocenters. The van der Waals surface area contributed by atoms with E-state index in [-0.39, 0.29) is 0 Å². The zero-order valence-corrected chi connectivity index (χ0v) is 9.84. The van der Waals surface area contributed by atoms with Crippen molar-refractivity contribution < 1.29 is 0 Å². The predicted octanol–water partition coefficient (Wildman–Crippen LogP) is 2.25. The van der Waals surface area contributed by atoms with Gasteiger partial charge < -0.3 is 5.73 Å². The molecule has 1 atom stereocenters. The molecule has 0 bridgehead atoms. The van der Waals surface area contributed by atoms with Crippen LogP contribution in [0.3, 0.4) is 0 Å². The van der Waals surface area contributed by atoms with E-state index in [1.165, 1.54) is 17.7 Å². The van der Waals surface area contributed by atoms with Crippen LogP contribution in [0.1, 0.15) is 30.0 Å². The van der Waals surface area contributed by atoms with Crippen LogP contribution in [-0.2, 0) is 6.42 Å². The average Bonchev–Trinajstić information content (AvgIpc) is 2.94. The first-order chi connectivity index (χ1) is 8.40. The summed E-state index contributed by atoms with van der Waals surface area (Å²) in [5.74, 6) is 0.618. The van der Waals surface area contributed by atoms with E-state index in [4.69, 9.17) is 5.73 Å². The SMILES string of the molecule is NCCC1CCc2c1cnn2-c1ccccc1. The molecule has 0 spiro atoms. The molecule has 0 amide bonds. The molecule has 0 saturated heterocycles. The Morgan fingerprint density at radius 2 is 2.12 bits per heavy atom. The van der Waals surface area contributed by atoms with E-state index in [0.29, 0.717) is 5.92 Å². The summed E-state index contributed by atoms with van der Waals surface area (Å²) < 4.78 is 2.08. The lowest BCUT2D eigenvalue weighted by molar-refractivity contribution is 0.620. The van der Waals surface area contributed by atoms with Gasteiger partial charge in [0.15, 0.2) is 0 Å². The van der Waals surface area contributed by atoms with Crippen LogP contribution in [0, 0.1) is 0 Å². The van der Waals surface area contributed by atoms with Gasteiger partial charge in [0.25, 0.3) is 0 Å². The molecule has 1 aromatic heterocycles. The number of fused-ring (bicyclic) bond motifs is 1. The number of hydrogen-bond acceptors (Lipinski definition) is 2. The van der Waals surface area contributed by atoms with Crippen LogP contribution >= 0.6 is 0 Å². The van der Waals surface area contributed by atoms with Crippen molar-refractivity contribution in [2.75, 3.05) is 6.54 Å². The molecule has 2 N–H and O–H groups in total. The molecule has 2 aromatic rings. The van der Waals surface area contributed by atoms with Gasteiger partial charge in [-0.1, -0.05) is 18.2 Å². The molecule has 1 heterocycles. The van der Waals surface area contributed by atoms with Crippen LogP contribution in [-0.4, -0.2) is 16.3 Å². The number of para-hydroxylation sites is 1. The second-order valence-corrected chi connectivity index (χ2v) is 4.61. The lowest BCUT2D eigenvalue weighted by Crippen LogP contribution is -2.04. The number of nitrogens with two attached hydrogens (primary N) is 1. The van der Waals surface area contributed by atoms with Crippen molar-refractivity contribution in [2.45, 2.75) is 25.2 Å². The van der Waals surface area contributed by atoms with Crippen molar-refractivity contribution in [1.82, 2.24) is 9.78 Å². The average molecular weight is 227 g/mol. The van der Waals surface area contributed by atoms with Crippen molar-refractivity contribution in [3.05, 3.63) is 47.8 Å². The Morgan fingerprint density at radius 1 is 1.29 bits per heavy atom. The quantitative estimate of drug-likeness (QED) is 0.874. The van der Waals surface area contributed by atoms with Gasteiger partial charge in [-0.2, -0.15) is 5.10 Å². The summed E-state index contributed by atoms with van der Waals surface area (Å²) in [6.45, 7) is 0.765. The fourth-order valence-electron chi connectivity index (χ4n) is 2.74. The van der Waals surface area contributed by atoms with Gasteiger partial charge in [-0.05, 0) is 49.4 Å². The maximum absolute atomic E-state index is 5.66. The van der Waals surface area contributed by atoms with Crippen LogP contribution in [0.5, 0.6) is 0 Å². The fourth-order valence-corrected chi connectivity index (χ4v) is 2.74. The van der Waals surface area contributed by atoms with Gasteiger partial charge in [0, 0.05) is 5.69 Å². The van der Waals surface area contributed by atoms with Crippen LogP contribution in [0.15, 0.2) is 36.5 Å². The van der Waals surface area contributed by atoms with Crippen molar-refractivity contribution >= 4 is 0 Å². The van der Waals surface area contributed by atoms with E-state index in [2.05, 4.69) is 34.0 Å². The summed E-state index contributed by atoms with van der Waals surface area (Å²) in [4.78, 5) is 0. The number of nitrogens with zero attached hydrogens (tertiary/aromatic N) is 2. The predicted molar refractivity (Wildman–Crippen MR) is 68.3 cm³/mol. The van der Waals surface area contributed by atoms with Crippen LogP contribution < -0.4 is 5.73 Å². The minimum atomic E-state index is 0.618. The molecule has 17 heavy (non-hydrogen) atoms. The van der Waals surface area contributed by atoms with Crippen molar-refractivity contribution in [3.63, 3.8) is 0 Å². The molecule has 3 nitrogen and oxygen atoms in total. The van der Waals surface area contributed by atoms with Crippen LogP contribution in [0.2, 0.25) is 0 Å². The van der Waals surface area contributed by atoms with E-state index >= 15 is 0 Å². The molecule has 1 aliphatic carbocycles. The molecule has 0 aliphatic heterocycles. The number of hydrogen-bond donors (Lipinski definition) is 1. The van der Waals surface area contributed by atoms with Gasteiger partial charge in [0.05, 0.1) is 11.9 Å². The topological polar surface area (TPSA) is 43.8 Å². The van der Waals surface area contributed by atoms with Crippen molar-refractivity contribution in [2.24, 2.45) is 5.73 Å².